The fourth-order valence-electron chi connectivity index (χ4n) is 1.81. The third-order valence-electron chi connectivity index (χ3n) is 2.91. The Kier molecular flexibility index (Phi) is 2.44. The van der Waals surface area contributed by atoms with Crippen molar-refractivity contribution in [2.45, 2.75) is 25.4 Å². The molecule has 0 unspecified atom stereocenters. The van der Waals surface area contributed by atoms with E-state index in [9.17, 15) is 5.11 Å². The summed E-state index contributed by atoms with van der Waals surface area (Å²) in [5.41, 5.74) is 0.966. The first kappa shape index (κ1) is 10.1. The minimum Gasteiger partial charge on any atom is -0.508 e. The number of hydrogen-bond acceptors (Lipinski definition) is 4. The van der Waals surface area contributed by atoms with Crippen molar-refractivity contribution in [1.82, 2.24) is 14.8 Å². The predicted molar refractivity (Wildman–Crippen MR) is 63.7 cm³/mol. The number of phenolic OH excluding ortho intramolecular Hbond substituents is 1. The molecule has 0 spiro atoms. The first-order valence-electron chi connectivity index (χ1n) is 5.74. The lowest BCUT2D eigenvalue weighted by molar-refractivity contribution is 0.475. The van der Waals surface area contributed by atoms with Crippen molar-refractivity contribution in [3.63, 3.8) is 0 Å². The molecular weight excluding hydrogens is 216 g/mol. The van der Waals surface area contributed by atoms with E-state index >= 15 is 0 Å². The summed E-state index contributed by atoms with van der Waals surface area (Å²) < 4.78 is 2.13. The zero-order valence-electron chi connectivity index (χ0n) is 9.37. The minimum absolute atomic E-state index is 0.275. The van der Waals surface area contributed by atoms with E-state index in [1.54, 1.807) is 18.5 Å². The molecule has 1 aliphatic carbocycles. The van der Waals surface area contributed by atoms with Crippen molar-refractivity contribution in [2.75, 3.05) is 5.32 Å². The lowest BCUT2D eigenvalue weighted by Crippen LogP contribution is -2.07. The maximum absolute atomic E-state index is 9.18. The number of anilines is 1. The van der Waals surface area contributed by atoms with E-state index in [2.05, 4.69) is 20.1 Å². The SMILES string of the molecule is Oc1ccc(NCc2nncn2C2CC2)cc1. The van der Waals surface area contributed by atoms with Gasteiger partial charge in [0.25, 0.3) is 0 Å². The van der Waals surface area contributed by atoms with E-state index in [0.717, 1.165) is 11.5 Å². The van der Waals surface area contributed by atoms with Gasteiger partial charge in [0.2, 0.25) is 0 Å². The molecule has 0 saturated heterocycles. The third-order valence-corrected chi connectivity index (χ3v) is 2.91. The monoisotopic (exact) mass is 230 g/mol. The molecule has 2 N–H and O–H groups in total. The highest BCUT2D eigenvalue weighted by atomic mass is 16.3. The Morgan fingerprint density at radius 2 is 2.06 bits per heavy atom. The Hall–Kier alpha value is -2.04. The number of rotatable bonds is 4. The number of phenols is 1. The Morgan fingerprint density at radius 1 is 1.29 bits per heavy atom. The molecule has 1 heterocycles. The molecule has 1 saturated carbocycles. The molecule has 0 atom stereocenters. The second-order valence-corrected chi connectivity index (χ2v) is 4.29. The Bertz CT molecular complexity index is 501. The van der Waals surface area contributed by atoms with Gasteiger partial charge in [-0.3, -0.25) is 0 Å². The van der Waals surface area contributed by atoms with E-state index < -0.39 is 0 Å². The summed E-state index contributed by atoms with van der Waals surface area (Å²) in [5.74, 6) is 1.23. The Labute approximate surface area is 99.1 Å². The molecule has 5 heteroatoms. The van der Waals surface area contributed by atoms with Gasteiger partial charge in [0, 0.05) is 11.7 Å². The molecular formula is C12H14N4O. The molecule has 1 aromatic heterocycles. The zero-order chi connectivity index (χ0) is 11.7. The van der Waals surface area contributed by atoms with Gasteiger partial charge in [-0.2, -0.15) is 0 Å². The summed E-state index contributed by atoms with van der Waals surface area (Å²) in [7, 11) is 0. The normalized spacial score (nSPS) is 14.8. The number of hydrogen-bond donors (Lipinski definition) is 2. The summed E-state index contributed by atoms with van der Waals surface area (Å²) in [6.45, 7) is 0.654. The standard InChI is InChI=1S/C12H14N4O/c17-11-5-1-9(2-6-11)13-7-12-15-14-8-16(12)10-3-4-10/h1-2,5-6,8,10,13,17H,3-4,7H2. The first-order chi connectivity index (χ1) is 8.33. The Balaban J connectivity index is 1.67. The number of nitrogens with one attached hydrogen (secondary N) is 1. The van der Waals surface area contributed by atoms with E-state index in [4.69, 9.17) is 0 Å². The van der Waals surface area contributed by atoms with Gasteiger partial charge in [-0.15, -0.1) is 10.2 Å². The molecule has 1 aromatic carbocycles. The molecule has 17 heavy (non-hydrogen) atoms. The van der Waals surface area contributed by atoms with Crippen molar-refractivity contribution < 1.29 is 5.11 Å². The number of benzene rings is 1. The average molecular weight is 230 g/mol. The van der Waals surface area contributed by atoms with Crippen LogP contribution in [0, 0.1) is 0 Å². The second kappa shape index (κ2) is 4.08. The van der Waals surface area contributed by atoms with E-state index in [1.165, 1.54) is 12.8 Å². The quantitative estimate of drug-likeness (QED) is 0.788. The predicted octanol–water partition coefficient (Wildman–Crippen LogP) is 1.93. The molecule has 0 bridgehead atoms. The number of nitrogens with zero attached hydrogens (tertiary/aromatic N) is 3. The van der Waals surface area contributed by atoms with Crippen molar-refractivity contribution in [3.05, 3.63) is 36.4 Å². The van der Waals surface area contributed by atoms with Crippen LogP contribution in [-0.4, -0.2) is 19.9 Å². The van der Waals surface area contributed by atoms with Crippen LogP contribution in [0.25, 0.3) is 0 Å². The zero-order valence-corrected chi connectivity index (χ0v) is 9.37. The van der Waals surface area contributed by atoms with E-state index in [0.29, 0.717) is 12.6 Å². The van der Waals surface area contributed by atoms with Gasteiger partial charge < -0.3 is 15.0 Å². The topological polar surface area (TPSA) is 63.0 Å². The molecule has 0 radical (unpaired) electrons. The fraction of sp³-hybridized carbons (Fsp3) is 0.333. The van der Waals surface area contributed by atoms with Crippen molar-refractivity contribution >= 4 is 5.69 Å². The van der Waals surface area contributed by atoms with Crippen molar-refractivity contribution in [3.8, 4) is 5.75 Å². The van der Waals surface area contributed by atoms with Gasteiger partial charge in [-0.1, -0.05) is 0 Å². The smallest absolute Gasteiger partial charge is 0.152 e. The van der Waals surface area contributed by atoms with Gasteiger partial charge in [0.15, 0.2) is 5.82 Å². The van der Waals surface area contributed by atoms with Gasteiger partial charge >= 0.3 is 0 Å². The summed E-state index contributed by atoms with van der Waals surface area (Å²) in [4.78, 5) is 0. The highest BCUT2D eigenvalue weighted by Gasteiger charge is 2.25. The molecule has 88 valence electrons. The molecule has 1 fully saturated rings. The molecule has 2 aromatic rings. The number of aromatic hydroxyl groups is 1. The van der Waals surface area contributed by atoms with Crippen LogP contribution in [0.3, 0.4) is 0 Å². The second-order valence-electron chi connectivity index (χ2n) is 4.29. The molecule has 1 aliphatic rings. The van der Waals surface area contributed by atoms with Crippen LogP contribution in [-0.2, 0) is 6.54 Å². The van der Waals surface area contributed by atoms with Gasteiger partial charge in [-0.25, -0.2) is 0 Å². The van der Waals surface area contributed by atoms with E-state index in [-0.39, 0.29) is 5.75 Å². The third kappa shape index (κ3) is 2.22. The van der Waals surface area contributed by atoms with E-state index in [1.807, 2.05) is 12.1 Å². The summed E-state index contributed by atoms with van der Waals surface area (Å²) in [6, 6.07) is 7.60. The highest BCUT2D eigenvalue weighted by molar-refractivity contribution is 5.45. The van der Waals surface area contributed by atoms with Crippen LogP contribution < -0.4 is 5.32 Å². The van der Waals surface area contributed by atoms with Crippen LogP contribution in [0.2, 0.25) is 0 Å². The van der Waals surface area contributed by atoms with Crippen molar-refractivity contribution in [1.29, 1.82) is 0 Å². The maximum Gasteiger partial charge on any atom is 0.152 e. The van der Waals surface area contributed by atoms with Crippen LogP contribution in [0.15, 0.2) is 30.6 Å². The fourth-order valence-corrected chi connectivity index (χ4v) is 1.81. The lowest BCUT2D eigenvalue weighted by Gasteiger charge is -2.07. The Morgan fingerprint density at radius 3 is 2.76 bits per heavy atom. The van der Waals surface area contributed by atoms with Crippen LogP contribution in [0.1, 0.15) is 24.7 Å². The molecule has 5 nitrogen and oxygen atoms in total. The number of aromatic nitrogens is 3. The highest BCUT2D eigenvalue weighted by Crippen LogP contribution is 2.35. The molecule has 0 aliphatic heterocycles. The molecule has 0 amide bonds. The van der Waals surface area contributed by atoms with Gasteiger partial charge in [-0.05, 0) is 37.1 Å². The summed E-state index contributed by atoms with van der Waals surface area (Å²) in [5, 5.41) is 20.5. The largest absolute Gasteiger partial charge is 0.508 e. The molecule has 3 rings (SSSR count). The average Bonchev–Trinajstić information content (AvgIpc) is 3.08. The van der Waals surface area contributed by atoms with Crippen molar-refractivity contribution in [2.24, 2.45) is 0 Å². The summed E-state index contributed by atoms with van der Waals surface area (Å²) >= 11 is 0. The van der Waals surface area contributed by atoms with Crippen LogP contribution >= 0.6 is 0 Å². The van der Waals surface area contributed by atoms with Gasteiger partial charge in [0.1, 0.15) is 12.1 Å². The first-order valence-corrected chi connectivity index (χ1v) is 5.74. The van der Waals surface area contributed by atoms with Crippen LogP contribution in [0.4, 0.5) is 5.69 Å². The minimum atomic E-state index is 0.275. The summed E-state index contributed by atoms with van der Waals surface area (Å²) in [6.07, 6.45) is 4.25. The maximum atomic E-state index is 9.18. The van der Waals surface area contributed by atoms with Crippen LogP contribution in [0.5, 0.6) is 5.75 Å². The lowest BCUT2D eigenvalue weighted by atomic mass is 10.3. The van der Waals surface area contributed by atoms with Gasteiger partial charge in [0.05, 0.1) is 6.54 Å².